The van der Waals surface area contributed by atoms with E-state index in [0.717, 1.165) is 28.5 Å². The summed E-state index contributed by atoms with van der Waals surface area (Å²) in [5, 5.41) is 0. The maximum atomic E-state index is 12.8. The van der Waals surface area contributed by atoms with Gasteiger partial charge in [-0.3, -0.25) is 4.79 Å². The Kier molecular flexibility index (Phi) is 5.10. The lowest BCUT2D eigenvalue weighted by Crippen LogP contribution is -2.57. The molecular weight excluding hydrogens is 292 g/mol. The number of halogens is 1. The molecule has 20 heavy (non-hydrogen) atoms. The Morgan fingerprint density at radius 3 is 2.90 bits per heavy atom. The first-order valence-electron chi connectivity index (χ1n) is 7.27. The third-order valence-corrected chi connectivity index (χ3v) is 5.32. The highest BCUT2D eigenvalue weighted by atomic mass is 35.5. The van der Waals surface area contributed by atoms with Gasteiger partial charge in [0.15, 0.2) is 0 Å². The molecule has 2 atom stereocenters. The van der Waals surface area contributed by atoms with Crippen LogP contribution in [0.2, 0.25) is 4.34 Å². The summed E-state index contributed by atoms with van der Waals surface area (Å²) in [5.74, 6) is 0.628. The van der Waals surface area contributed by atoms with Gasteiger partial charge in [-0.2, -0.15) is 0 Å². The van der Waals surface area contributed by atoms with Gasteiger partial charge in [-0.1, -0.05) is 31.4 Å². The van der Waals surface area contributed by atoms with Crippen molar-refractivity contribution in [3.05, 3.63) is 21.3 Å². The molecule has 0 aromatic carbocycles. The molecular formula is C15H23ClN2OS. The van der Waals surface area contributed by atoms with Gasteiger partial charge in [-0.05, 0) is 37.8 Å². The average Bonchev–Trinajstić information content (AvgIpc) is 2.80. The standard InChI is InChI=1S/C15H23ClN2OS/c1-3-18(10-12-6-7-13(16)20-12)14(19)15(17)8-4-5-11(2)9-15/h6-7,11H,3-5,8-10,17H2,1-2H3. The Balaban J connectivity index is 2.08. The number of thiophene rings is 1. The molecule has 2 rings (SSSR count). The second kappa shape index (κ2) is 6.46. The summed E-state index contributed by atoms with van der Waals surface area (Å²) in [5.41, 5.74) is 5.74. The van der Waals surface area contributed by atoms with Crippen LogP contribution in [0, 0.1) is 5.92 Å². The molecule has 2 N–H and O–H groups in total. The first kappa shape index (κ1) is 15.8. The highest BCUT2D eigenvalue weighted by Crippen LogP contribution is 2.32. The second-order valence-electron chi connectivity index (χ2n) is 5.88. The Hall–Kier alpha value is -0.580. The molecule has 1 amide bonds. The summed E-state index contributed by atoms with van der Waals surface area (Å²) in [6, 6.07) is 3.86. The lowest BCUT2D eigenvalue weighted by Gasteiger charge is -2.38. The average molecular weight is 315 g/mol. The van der Waals surface area contributed by atoms with Crippen LogP contribution in [0.1, 0.15) is 44.4 Å². The molecule has 0 saturated heterocycles. The van der Waals surface area contributed by atoms with Gasteiger partial charge in [-0.25, -0.2) is 0 Å². The molecule has 5 heteroatoms. The molecule has 0 radical (unpaired) electrons. The molecule has 3 nitrogen and oxygen atoms in total. The summed E-state index contributed by atoms with van der Waals surface area (Å²) in [6.45, 7) is 5.48. The Morgan fingerprint density at radius 1 is 1.60 bits per heavy atom. The fraction of sp³-hybridized carbons (Fsp3) is 0.667. The van der Waals surface area contributed by atoms with E-state index in [4.69, 9.17) is 17.3 Å². The smallest absolute Gasteiger partial charge is 0.242 e. The van der Waals surface area contributed by atoms with Gasteiger partial charge in [0.2, 0.25) is 5.91 Å². The number of carbonyl (C=O) groups is 1. The highest BCUT2D eigenvalue weighted by Gasteiger charge is 2.40. The first-order chi connectivity index (χ1) is 9.44. The summed E-state index contributed by atoms with van der Waals surface area (Å²) >= 11 is 7.48. The van der Waals surface area contributed by atoms with Crippen molar-refractivity contribution < 1.29 is 4.79 Å². The normalized spacial score (nSPS) is 26.5. The van der Waals surface area contributed by atoms with Gasteiger partial charge >= 0.3 is 0 Å². The van der Waals surface area contributed by atoms with Crippen LogP contribution in [0.15, 0.2) is 12.1 Å². The van der Waals surface area contributed by atoms with Crippen LogP contribution in [-0.2, 0) is 11.3 Å². The third-order valence-electron chi connectivity index (χ3n) is 4.10. The third kappa shape index (κ3) is 3.54. The van der Waals surface area contributed by atoms with Crippen molar-refractivity contribution in [3.63, 3.8) is 0 Å². The lowest BCUT2D eigenvalue weighted by molar-refractivity contribution is -0.139. The molecule has 1 aromatic heterocycles. The fourth-order valence-corrected chi connectivity index (χ4v) is 4.16. The minimum Gasteiger partial charge on any atom is -0.336 e. The van der Waals surface area contributed by atoms with Crippen molar-refractivity contribution in [3.8, 4) is 0 Å². The summed E-state index contributed by atoms with van der Waals surface area (Å²) in [4.78, 5) is 15.8. The zero-order valence-electron chi connectivity index (χ0n) is 12.2. The largest absolute Gasteiger partial charge is 0.336 e. The Morgan fingerprint density at radius 2 is 2.35 bits per heavy atom. The molecule has 1 aromatic rings. The number of nitrogens with zero attached hydrogens (tertiary/aromatic N) is 1. The van der Waals surface area contributed by atoms with E-state index in [-0.39, 0.29) is 5.91 Å². The number of hydrogen-bond acceptors (Lipinski definition) is 3. The fourth-order valence-electron chi connectivity index (χ4n) is 3.05. The zero-order chi connectivity index (χ0) is 14.8. The van der Waals surface area contributed by atoms with Crippen LogP contribution in [0.5, 0.6) is 0 Å². The number of amides is 1. The van der Waals surface area contributed by atoms with E-state index in [1.54, 1.807) is 0 Å². The van der Waals surface area contributed by atoms with Gasteiger partial charge in [0.1, 0.15) is 0 Å². The van der Waals surface area contributed by atoms with Crippen LogP contribution < -0.4 is 5.73 Å². The van der Waals surface area contributed by atoms with E-state index in [2.05, 4.69) is 6.92 Å². The number of rotatable bonds is 4. The van der Waals surface area contributed by atoms with Crippen molar-refractivity contribution in [1.82, 2.24) is 4.90 Å². The number of hydrogen-bond donors (Lipinski definition) is 1. The van der Waals surface area contributed by atoms with Crippen LogP contribution in [0.4, 0.5) is 0 Å². The van der Waals surface area contributed by atoms with E-state index in [0.29, 0.717) is 19.0 Å². The van der Waals surface area contributed by atoms with Gasteiger partial charge < -0.3 is 10.6 Å². The highest BCUT2D eigenvalue weighted by molar-refractivity contribution is 7.16. The SMILES string of the molecule is CCN(Cc1ccc(Cl)s1)C(=O)C1(N)CCCC(C)C1. The van der Waals surface area contributed by atoms with Crippen molar-refractivity contribution in [2.75, 3.05) is 6.54 Å². The molecule has 1 aliphatic carbocycles. The topological polar surface area (TPSA) is 46.3 Å². The van der Waals surface area contributed by atoms with E-state index in [1.807, 2.05) is 24.0 Å². The molecule has 1 saturated carbocycles. The van der Waals surface area contributed by atoms with Crippen LogP contribution in [0.3, 0.4) is 0 Å². The number of carbonyl (C=O) groups excluding carboxylic acids is 1. The van der Waals surface area contributed by atoms with Crippen molar-refractivity contribution >= 4 is 28.8 Å². The molecule has 1 fully saturated rings. The maximum absolute atomic E-state index is 12.8. The molecule has 0 bridgehead atoms. The minimum atomic E-state index is -0.672. The molecule has 1 aliphatic rings. The van der Waals surface area contributed by atoms with E-state index < -0.39 is 5.54 Å². The van der Waals surface area contributed by atoms with Gasteiger partial charge in [0.05, 0.1) is 16.4 Å². The minimum absolute atomic E-state index is 0.0936. The lowest BCUT2D eigenvalue weighted by atomic mass is 9.76. The predicted octanol–water partition coefficient (Wildman–Crippen LogP) is 3.66. The first-order valence-corrected chi connectivity index (χ1v) is 8.46. The molecule has 0 spiro atoms. The molecule has 0 aliphatic heterocycles. The second-order valence-corrected chi connectivity index (χ2v) is 7.68. The van der Waals surface area contributed by atoms with Crippen molar-refractivity contribution in [1.29, 1.82) is 0 Å². The van der Waals surface area contributed by atoms with E-state index in [1.165, 1.54) is 17.8 Å². The van der Waals surface area contributed by atoms with Crippen molar-refractivity contribution in [2.45, 2.75) is 51.6 Å². The maximum Gasteiger partial charge on any atom is 0.242 e. The summed E-state index contributed by atoms with van der Waals surface area (Å²) < 4.78 is 0.761. The number of likely N-dealkylation sites (N-methyl/N-ethyl adjacent to an activating group) is 1. The van der Waals surface area contributed by atoms with Gasteiger partial charge in [0, 0.05) is 11.4 Å². The Labute approximate surface area is 130 Å². The van der Waals surface area contributed by atoms with Crippen molar-refractivity contribution in [2.24, 2.45) is 11.7 Å². The quantitative estimate of drug-likeness (QED) is 0.922. The van der Waals surface area contributed by atoms with E-state index in [9.17, 15) is 4.79 Å². The monoisotopic (exact) mass is 314 g/mol. The summed E-state index contributed by atoms with van der Waals surface area (Å²) in [7, 11) is 0. The van der Waals surface area contributed by atoms with Crippen LogP contribution >= 0.6 is 22.9 Å². The van der Waals surface area contributed by atoms with Crippen LogP contribution in [-0.4, -0.2) is 22.9 Å². The van der Waals surface area contributed by atoms with E-state index >= 15 is 0 Å². The van der Waals surface area contributed by atoms with Gasteiger partial charge in [0.25, 0.3) is 0 Å². The molecule has 2 unspecified atom stereocenters. The number of nitrogens with two attached hydrogens (primary N) is 1. The predicted molar refractivity (Wildman–Crippen MR) is 85.0 cm³/mol. The summed E-state index contributed by atoms with van der Waals surface area (Å²) in [6.07, 6.45) is 3.83. The van der Waals surface area contributed by atoms with Gasteiger partial charge in [-0.15, -0.1) is 11.3 Å². The zero-order valence-corrected chi connectivity index (χ0v) is 13.8. The van der Waals surface area contributed by atoms with Crippen LogP contribution in [0.25, 0.3) is 0 Å². The Bertz CT molecular complexity index is 476. The molecule has 1 heterocycles. The molecule has 112 valence electrons.